The van der Waals surface area contributed by atoms with Crippen LogP contribution in [-0.4, -0.2) is 16.2 Å². The maximum Gasteiger partial charge on any atom is 0.150 e. The van der Waals surface area contributed by atoms with Gasteiger partial charge in [0.15, 0.2) is 4.34 Å². The van der Waals surface area contributed by atoms with E-state index in [0.717, 1.165) is 25.8 Å². The van der Waals surface area contributed by atoms with Gasteiger partial charge in [-0.25, -0.2) is 9.97 Å². The summed E-state index contributed by atoms with van der Waals surface area (Å²) >= 11 is 6.79. The van der Waals surface area contributed by atoms with Crippen LogP contribution in [0.5, 0.6) is 0 Å². The number of nitrogens with one attached hydrogen (secondary N) is 1. The van der Waals surface area contributed by atoms with E-state index in [1.54, 1.807) is 23.1 Å². The van der Waals surface area contributed by atoms with E-state index in [-0.39, 0.29) is 0 Å². The zero-order chi connectivity index (χ0) is 13.9. The lowest BCUT2D eigenvalue weighted by Crippen LogP contribution is -2.01. The van der Waals surface area contributed by atoms with Crippen LogP contribution in [0.2, 0.25) is 0 Å². The van der Waals surface area contributed by atoms with E-state index in [2.05, 4.69) is 55.7 Å². The highest BCUT2D eigenvalue weighted by Crippen LogP contribution is 2.30. The van der Waals surface area contributed by atoms with Crippen molar-refractivity contribution in [3.63, 3.8) is 0 Å². The summed E-state index contributed by atoms with van der Waals surface area (Å²) in [5, 5.41) is 3.40. The predicted molar refractivity (Wildman–Crippen MR) is 90.7 cm³/mol. The summed E-state index contributed by atoms with van der Waals surface area (Å²) in [4.78, 5) is 8.95. The molecule has 0 aliphatic rings. The number of thiazole rings is 1. The number of pyridine rings is 1. The predicted octanol–water partition coefficient (Wildman–Crippen LogP) is 4.79. The van der Waals surface area contributed by atoms with Crippen LogP contribution >= 0.6 is 39.0 Å². The number of nitrogens with zero attached hydrogens (tertiary/aromatic N) is 2. The number of aromatic nitrogens is 2. The van der Waals surface area contributed by atoms with Crippen LogP contribution in [0, 0.1) is 0 Å². The Hall–Kier alpha value is -1.11. The van der Waals surface area contributed by atoms with Crippen molar-refractivity contribution in [2.24, 2.45) is 0 Å². The van der Waals surface area contributed by atoms with Crippen molar-refractivity contribution in [2.45, 2.75) is 10.9 Å². The number of fused-ring (bicyclic) bond motifs is 1. The molecule has 0 unspecified atom stereocenters. The summed E-state index contributed by atoms with van der Waals surface area (Å²) in [5.41, 5.74) is 3.16. The van der Waals surface area contributed by atoms with Crippen molar-refractivity contribution in [1.82, 2.24) is 9.97 Å². The third kappa shape index (κ3) is 3.13. The van der Waals surface area contributed by atoms with Crippen LogP contribution < -0.4 is 5.32 Å². The maximum absolute atomic E-state index is 4.54. The SMILES string of the molecule is CSc1nc2ccc(NCc3cccc(Br)n3)cc2s1. The Morgan fingerprint density at radius 2 is 2.15 bits per heavy atom. The van der Waals surface area contributed by atoms with Gasteiger partial charge in [0.1, 0.15) is 4.60 Å². The molecule has 20 heavy (non-hydrogen) atoms. The molecule has 6 heteroatoms. The first-order chi connectivity index (χ1) is 9.74. The Labute approximate surface area is 134 Å². The van der Waals surface area contributed by atoms with Crippen LogP contribution in [0.15, 0.2) is 45.3 Å². The number of rotatable bonds is 4. The fourth-order valence-electron chi connectivity index (χ4n) is 1.84. The molecule has 0 spiro atoms. The van der Waals surface area contributed by atoms with Gasteiger partial charge >= 0.3 is 0 Å². The molecule has 3 nitrogen and oxygen atoms in total. The second-order valence-corrected chi connectivity index (χ2v) is 7.07. The molecule has 0 saturated heterocycles. The third-order valence-electron chi connectivity index (χ3n) is 2.79. The minimum atomic E-state index is 0.707. The summed E-state index contributed by atoms with van der Waals surface area (Å²) in [7, 11) is 0. The lowest BCUT2D eigenvalue weighted by atomic mass is 10.3. The molecule has 2 heterocycles. The molecule has 0 saturated carbocycles. The molecule has 3 aromatic rings. The van der Waals surface area contributed by atoms with Crippen LogP contribution in [-0.2, 0) is 6.54 Å². The lowest BCUT2D eigenvalue weighted by molar-refractivity contribution is 1.03. The van der Waals surface area contributed by atoms with E-state index in [4.69, 9.17) is 0 Å². The second-order valence-electron chi connectivity index (χ2n) is 4.17. The molecule has 1 aromatic carbocycles. The van der Waals surface area contributed by atoms with Gasteiger partial charge < -0.3 is 5.32 Å². The quantitative estimate of drug-likeness (QED) is 0.532. The van der Waals surface area contributed by atoms with Gasteiger partial charge in [-0.15, -0.1) is 11.3 Å². The first-order valence-electron chi connectivity index (χ1n) is 6.04. The standard InChI is InChI=1S/C14H12BrN3S2/c1-19-14-18-11-6-5-9(7-12(11)20-14)16-8-10-3-2-4-13(15)17-10/h2-7,16H,8H2,1H3. The van der Waals surface area contributed by atoms with E-state index in [1.807, 2.05) is 18.2 Å². The van der Waals surface area contributed by atoms with Crippen molar-refractivity contribution < 1.29 is 0 Å². The highest BCUT2D eigenvalue weighted by molar-refractivity contribution is 9.10. The Morgan fingerprint density at radius 1 is 1.25 bits per heavy atom. The average Bonchev–Trinajstić information content (AvgIpc) is 2.87. The number of hydrogen-bond donors (Lipinski definition) is 1. The van der Waals surface area contributed by atoms with Gasteiger partial charge in [0.2, 0.25) is 0 Å². The largest absolute Gasteiger partial charge is 0.379 e. The smallest absolute Gasteiger partial charge is 0.150 e. The second kappa shape index (κ2) is 6.11. The highest BCUT2D eigenvalue weighted by atomic mass is 79.9. The monoisotopic (exact) mass is 365 g/mol. The first-order valence-corrected chi connectivity index (χ1v) is 8.88. The molecule has 2 aromatic heterocycles. The number of hydrogen-bond acceptors (Lipinski definition) is 5. The topological polar surface area (TPSA) is 37.8 Å². The minimum Gasteiger partial charge on any atom is -0.379 e. The molecule has 102 valence electrons. The van der Waals surface area contributed by atoms with E-state index >= 15 is 0 Å². The van der Waals surface area contributed by atoms with Crippen molar-refractivity contribution in [1.29, 1.82) is 0 Å². The molecule has 0 bridgehead atoms. The fraction of sp³-hybridized carbons (Fsp3) is 0.143. The highest BCUT2D eigenvalue weighted by Gasteiger charge is 2.04. The van der Waals surface area contributed by atoms with Gasteiger partial charge in [0.05, 0.1) is 22.5 Å². The summed E-state index contributed by atoms with van der Waals surface area (Å²) in [6.07, 6.45) is 2.05. The van der Waals surface area contributed by atoms with Crippen LogP contribution in [0.3, 0.4) is 0 Å². The molecule has 1 N–H and O–H groups in total. The molecule has 0 atom stereocenters. The van der Waals surface area contributed by atoms with E-state index in [0.29, 0.717) is 6.54 Å². The molecule has 0 aliphatic carbocycles. The minimum absolute atomic E-state index is 0.707. The van der Waals surface area contributed by atoms with Crippen LogP contribution in [0.1, 0.15) is 5.69 Å². The average molecular weight is 366 g/mol. The number of benzene rings is 1. The Kier molecular flexibility index (Phi) is 4.24. The molecular weight excluding hydrogens is 354 g/mol. The van der Waals surface area contributed by atoms with Gasteiger partial charge in [0, 0.05) is 5.69 Å². The zero-order valence-electron chi connectivity index (χ0n) is 10.8. The zero-order valence-corrected chi connectivity index (χ0v) is 14.0. The lowest BCUT2D eigenvalue weighted by Gasteiger charge is -2.06. The Balaban J connectivity index is 1.77. The van der Waals surface area contributed by atoms with Crippen molar-refractivity contribution in [3.8, 4) is 0 Å². The number of thioether (sulfide) groups is 1. The summed E-state index contributed by atoms with van der Waals surface area (Å²) in [5.74, 6) is 0. The summed E-state index contributed by atoms with van der Waals surface area (Å²) in [6.45, 7) is 0.707. The van der Waals surface area contributed by atoms with Crippen LogP contribution in [0.25, 0.3) is 10.2 Å². The van der Waals surface area contributed by atoms with Gasteiger partial charge in [-0.1, -0.05) is 17.8 Å². The molecule has 0 radical (unpaired) electrons. The van der Waals surface area contributed by atoms with E-state index < -0.39 is 0 Å². The van der Waals surface area contributed by atoms with Crippen molar-refractivity contribution >= 4 is 54.9 Å². The van der Waals surface area contributed by atoms with Gasteiger partial charge in [-0.3, -0.25) is 0 Å². The van der Waals surface area contributed by atoms with E-state index in [1.165, 1.54) is 4.70 Å². The van der Waals surface area contributed by atoms with E-state index in [9.17, 15) is 0 Å². The van der Waals surface area contributed by atoms with Crippen molar-refractivity contribution in [3.05, 3.63) is 46.7 Å². The van der Waals surface area contributed by atoms with Crippen molar-refractivity contribution in [2.75, 3.05) is 11.6 Å². The normalized spacial score (nSPS) is 10.9. The maximum atomic E-state index is 4.54. The first kappa shape index (κ1) is 13.9. The van der Waals surface area contributed by atoms with Gasteiger partial charge in [0.25, 0.3) is 0 Å². The third-order valence-corrected chi connectivity index (χ3v) is 5.23. The van der Waals surface area contributed by atoms with Gasteiger partial charge in [-0.05, 0) is 52.5 Å². The summed E-state index contributed by atoms with van der Waals surface area (Å²) in [6, 6.07) is 12.2. The molecule has 0 aliphatic heterocycles. The Bertz CT molecular complexity index is 742. The molecule has 0 fully saturated rings. The molecule has 0 amide bonds. The van der Waals surface area contributed by atoms with Crippen LogP contribution in [0.4, 0.5) is 5.69 Å². The Morgan fingerprint density at radius 3 is 2.95 bits per heavy atom. The number of halogens is 1. The molecular formula is C14H12BrN3S2. The summed E-state index contributed by atoms with van der Waals surface area (Å²) < 4.78 is 3.17. The van der Waals surface area contributed by atoms with Gasteiger partial charge in [-0.2, -0.15) is 0 Å². The molecule has 3 rings (SSSR count). The number of anilines is 1. The fourth-order valence-corrected chi connectivity index (χ4v) is 3.75.